The van der Waals surface area contributed by atoms with Crippen molar-refractivity contribution in [1.29, 1.82) is 0 Å². The summed E-state index contributed by atoms with van der Waals surface area (Å²) in [6, 6.07) is 10.6. The van der Waals surface area contributed by atoms with Crippen LogP contribution >= 0.6 is 24.0 Å². The lowest BCUT2D eigenvalue weighted by atomic mass is 10.1. The first-order chi connectivity index (χ1) is 13.6. The minimum Gasteiger partial charge on any atom is -0.362 e. The van der Waals surface area contributed by atoms with Crippen molar-refractivity contribution in [3.05, 3.63) is 59.4 Å². The van der Waals surface area contributed by atoms with Gasteiger partial charge in [-0.1, -0.05) is 18.2 Å². The summed E-state index contributed by atoms with van der Waals surface area (Å²) in [5, 5.41) is 8.06. The van der Waals surface area contributed by atoms with E-state index in [1.807, 2.05) is 31.3 Å². The maximum Gasteiger partial charge on any atom is 0.191 e. The molecule has 0 spiro atoms. The Bertz CT molecular complexity index is 947. The average Bonchev–Trinajstić information content (AvgIpc) is 3.08. The smallest absolute Gasteiger partial charge is 0.191 e. The molecule has 7 heteroatoms. The molecule has 1 aromatic carbocycles. The van der Waals surface area contributed by atoms with Gasteiger partial charge < -0.3 is 20.5 Å². The highest BCUT2D eigenvalue weighted by Gasteiger charge is 2.07. The first-order valence-electron chi connectivity index (χ1n) is 9.78. The number of anilines is 1. The zero-order chi connectivity index (χ0) is 19.9. The number of aromatic amines is 1. The third-order valence-electron chi connectivity index (χ3n) is 4.65. The first-order valence-corrected chi connectivity index (χ1v) is 9.78. The predicted molar refractivity (Wildman–Crippen MR) is 134 cm³/mol. The van der Waals surface area contributed by atoms with Gasteiger partial charge in [-0.3, -0.25) is 0 Å². The van der Waals surface area contributed by atoms with Crippen molar-refractivity contribution in [3.63, 3.8) is 0 Å². The van der Waals surface area contributed by atoms with E-state index in [1.54, 1.807) is 0 Å². The fourth-order valence-corrected chi connectivity index (χ4v) is 3.28. The standard InChI is InChI=1S/C22H30N6.HI/c1-5-23-22(27-15-18-7-6-11-24-21(18)28(3)4)25-12-10-17-14-26-20-13-16(2)8-9-19(17)20;/h6-9,11,13-14,26H,5,10,12,15H2,1-4H3,(H2,23,25,27);1H. The van der Waals surface area contributed by atoms with Gasteiger partial charge >= 0.3 is 0 Å². The fourth-order valence-electron chi connectivity index (χ4n) is 3.28. The van der Waals surface area contributed by atoms with Gasteiger partial charge in [0, 0.05) is 56.0 Å². The molecule has 0 bridgehead atoms. The molecule has 0 saturated heterocycles. The van der Waals surface area contributed by atoms with Crippen molar-refractivity contribution < 1.29 is 0 Å². The number of nitrogens with zero attached hydrogens (tertiary/aromatic N) is 3. The molecule has 0 aliphatic heterocycles. The summed E-state index contributed by atoms with van der Waals surface area (Å²) in [5.41, 5.74) is 4.90. The van der Waals surface area contributed by atoms with E-state index in [4.69, 9.17) is 4.99 Å². The van der Waals surface area contributed by atoms with Crippen LogP contribution in [0.3, 0.4) is 0 Å². The summed E-state index contributed by atoms with van der Waals surface area (Å²) in [6.45, 7) is 6.42. The van der Waals surface area contributed by atoms with Crippen LogP contribution in [0.4, 0.5) is 5.82 Å². The molecule has 0 fully saturated rings. The number of hydrogen-bond donors (Lipinski definition) is 3. The van der Waals surface area contributed by atoms with Crippen LogP contribution in [-0.2, 0) is 13.0 Å². The number of H-pyrrole nitrogens is 1. The number of pyridine rings is 1. The molecule has 2 aromatic heterocycles. The number of aryl methyl sites for hydroxylation is 1. The molecule has 0 saturated carbocycles. The highest BCUT2D eigenvalue weighted by Crippen LogP contribution is 2.19. The fraction of sp³-hybridized carbons (Fsp3) is 0.364. The quantitative estimate of drug-likeness (QED) is 0.259. The molecular weight excluding hydrogens is 475 g/mol. The van der Waals surface area contributed by atoms with E-state index in [-0.39, 0.29) is 24.0 Å². The van der Waals surface area contributed by atoms with Crippen molar-refractivity contribution in [2.24, 2.45) is 4.99 Å². The topological polar surface area (TPSA) is 68.3 Å². The Hall–Kier alpha value is -2.29. The normalized spacial score (nSPS) is 11.2. The molecule has 3 rings (SSSR count). The van der Waals surface area contributed by atoms with Crippen molar-refractivity contribution in [2.45, 2.75) is 26.8 Å². The Labute approximate surface area is 190 Å². The van der Waals surface area contributed by atoms with Crippen LogP contribution in [0.1, 0.15) is 23.6 Å². The molecule has 3 N–H and O–H groups in total. The summed E-state index contributed by atoms with van der Waals surface area (Å²) >= 11 is 0. The number of halogens is 1. The molecule has 156 valence electrons. The molecule has 6 nitrogen and oxygen atoms in total. The van der Waals surface area contributed by atoms with Crippen LogP contribution in [0.5, 0.6) is 0 Å². The van der Waals surface area contributed by atoms with Gasteiger partial charge in [-0.05, 0) is 43.5 Å². The second kappa shape index (κ2) is 11.0. The van der Waals surface area contributed by atoms with Gasteiger partial charge in [-0.2, -0.15) is 0 Å². The zero-order valence-corrected chi connectivity index (χ0v) is 20.0. The number of aromatic nitrogens is 2. The lowest BCUT2D eigenvalue weighted by molar-refractivity contribution is 0.801. The van der Waals surface area contributed by atoms with E-state index in [1.165, 1.54) is 22.0 Å². The summed E-state index contributed by atoms with van der Waals surface area (Å²) < 4.78 is 0. The number of guanidine groups is 1. The van der Waals surface area contributed by atoms with Crippen molar-refractivity contribution in [1.82, 2.24) is 20.6 Å². The largest absolute Gasteiger partial charge is 0.362 e. The van der Waals surface area contributed by atoms with Crippen molar-refractivity contribution >= 4 is 46.7 Å². The number of aliphatic imine (C=N–C) groups is 1. The molecule has 0 aliphatic rings. The minimum absolute atomic E-state index is 0. The molecule has 0 atom stereocenters. The lowest BCUT2D eigenvalue weighted by Gasteiger charge is -2.15. The second-order valence-electron chi connectivity index (χ2n) is 7.12. The molecule has 3 aromatic rings. The SMILES string of the molecule is CCNC(=NCc1cccnc1N(C)C)NCCc1c[nH]c2cc(C)ccc12.I. The number of rotatable bonds is 7. The van der Waals surface area contributed by atoms with Crippen LogP contribution < -0.4 is 15.5 Å². The van der Waals surface area contributed by atoms with E-state index in [0.717, 1.165) is 36.9 Å². The Morgan fingerprint density at radius 3 is 2.76 bits per heavy atom. The Morgan fingerprint density at radius 2 is 2.00 bits per heavy atom. The van der Waals surface area contributed by atoms with E-state index in [2.05, 4.69) is 64.9 Å². The minimum atomic E-state index is 0. The van der Waals surface area contributed by atoms with Gasteiger partial charge in [-0.15, -0.1) is 24.0 Å². The Kier molecular flexibility index (Phi) is 8.75. The molecule has 2 heterocycles. The molecule has 0 radical (unpaired) electrons. The van der Waals surface area contributed by atoms with Crippen LogP contribution in [0.2, 0.25) is 0 Å². The molecule has 29 heavy (non-hydrogen) atoms. The van der Waals surface area contributed by atoms with Gasteiger partial charge in [-0.25, -0.2) is 9.98 Å². The van der Waals surface area contributed by atoms with Gasteiger partial charge in [0.2, 0.25) is 0 Å². The molecule has 0 aliphatic carbocycles. The molecule has 0 amide bonds. The van der Waals surface area contributed by atoms with Crippen LogP contribution in [-0.4, -0.2) is 43.1 Å². The van der Waals surface area contributed by atoms with Crippen LogP contribution in [0.15, 0.2) is 47.7 Å². The van der Waals surface area contributed by atoms with E-state index < -0.39 is 0 Å². The second-order valence-corrected chi connectivity index (χ2v) is 7.12. The van der Waals surface area contributed by atoms with E-state index in [9.17, 15) is 0 Å². The summed E-state index contributed by atoms with van der Waals surface area (Å²) in [7, 11) is 4.00. The maximum atomic E-state index is 4.74. The number of nitrogens with one attached hydrogen (secondary N) is 3. The van der Waals surface area contributed by atoms with Gasteiger partial charge in [0.15, 0.2) is 5.96 Å². The van der Waals surface area contributed by atoms with Gasteiger partial charge in [0.05, 0.1) is 6.54 Å². The average molecular weight is 506 g/mol. The monoisotopic (exact) mass is 506 g/mol. The van der Waals surface area contributed by atoms with Crippen LogP contribution in [0, 0.1) is 6.92 Å². The highest BCUT2D eigenvalue weighted by atomic mass is 127. The molecular formula is C22H31IN6. The maximum absolute atomic E-state index is 4.74. The Morgan fingerprint density at radius 1 is 1.17 bits per heavy atom. The first kappa shape index (κ1) is 23.0. The third-order valence-corrected chi connectivity index (χ3v) is 4.65. The van der Waals surface area contributed by atoms with Crippen molar-refractivity contribution in [3.8, 4) is 0 Å². The van der Waals surface area contributed by atoms with Gasteiger partial charge in [0.25, 0.3) is 0 Å². The summed E-state index contributed by atoms with van der Waals surface area (Å²) in [6.07, 6.45) is 4.85. The number of hydrogen-bond acceptors (Lipinski definition) is 3. The van der Waals surface area contributed by atoms with Crippen molar-refractivity contribution in [2.75, 3.05) is 32.1 Å². The number of fused-ring (bicyclic) bond motifs is 1. The van der Waals surface area contributed by atoms with E-state index >= 15 is 0 Å². The summed E-state index contributed by atoms with van der Waals surface area (Å²) in [5.74, 6) is 1.78. The van der Waals surface area contributed by atoms with Crippen LogP contribution in [0.25, 0.3) is 10.9 Å². The van der Waals surface area contributed by atoms with E-state index in [0.29, 0.717) is 6.54 Å². The lowest BCUT2D eigenvalue weighted by Crippen LogP contribution is -2.38. The number of benzene rings is 1. The summed E-state index contributed by atoms with van der Waals surface area (Å²) in [4.78, 5) is 14.6. The molecule has 0 unspecified atom stereocenters. The predicted octanol–water partition coefficient (Wildman–Crippen LogP) is 3.85. The zero-order valence-electron chi connectivity index (χ0n) is 17.6. The third kappa shape index (κ3) is 6.09. The van der Waals surface area contributed by atoms with Gasteiger partial charge in [0.1, 0.15) is 5.82 Å². The highest BCUT2D eigenvalue weighted by molar-refractivity contribution is 14.0. The Balaban J connectivity index is 0.00000300.